The number of carbonyl (C=O) groups is 2. The SMILES string of the molecule is Cc1ccc(C)c(NC(=O)c2ccc(N3C(=O)[C@@H](C)CS3(=O)=O)cc2)c1. The Bertz CT molecular complexity index is 981. The quantitative estimate of drug-likeness (QED) is 0.898. The van der Waals surface area contributed by atoms with Crippen LogP contribution in [0.1, 0.15) is 28.4 Å². The van der Waals surface area contributed by atoms with E-state index in [1.807, 2.05) is 32.0 Å². The number of nitrogens with one attached hydrogen (secondary N) is 1. The van der Waals surface area contributed by atoms with Gasteiger partial charge in [0, 0.05) is 11.3 Å². The molecule has 0 saturated carbocycles. The minimum atomic E-state index is -3.65. The van der Waals surface area contributed by atoms with E-state index < -0.39 is 21.8 Å². The molecule has 0 bridgehead atoms. The van der Waals surface area contributed by atoms with E-state index in [1.54, 1.807) is 6.92 Å². The molecule has 1 aliphatic heterocycles. The van der Waals surface area contributed by atoms with E-state index in [2.05, 4.69) is 5.32 Å². The van der Waals surface area contributed by atoms with Crippen molar-refractivity contribution in [2.24, 2.45) is 5.92 Å². The van der Waals surface area contributed by atoms with Crippen molar-refractivity contribution in [2.75, 3.05) is 15.4 Å². The maximum Gasteiger partial charge on any atom is 0.255 e. The molecule has 2 aromatic carbocycles. The molecule has 3 rings (SSSR count). The molecule has 6 nitrogen and oxygen atoms in total. The van der Waals surface area contributed by atoms with Crippen LogP contribution in [0.15, 0.2) is 42.5 Å². The average molecular weight is 372 g/mol. The third-order valence-corrected chi connectivity index (χ3v) is 6.23. The molecular weight excluding hydrogens is 352 g/mol. The van der Waals surface area contributed by atoms with Crippen LogP contribution in [-0.4, -0.2) is 26.0 Å². The van der Waals surface area contributed by atoms with Crippen LogP contribution in [-0.2, 0) is 14.8 Å². The summed E-state index contributed by atoms with van der Waals surface area (Å²) >= 11 is 0. The molecule has 0 aliphatic carbocycles. The number of sulfonamides is 1. The zero-order chi connectivity index (χ0) is 19.1. The number of anilines is 2. The summed E-state index contributed by atoms with van der Waals surface area (Å²) in [6.07, 6.45) is 0. The van der Waals surface area contributed by atoms with Crippen LogP contribution < -0.4 is 9.62 Å². The molecule has 1 saturated heterocycles. The van der Waals surface area contributed by atoms with Gasteiger partial charge in [-0.2, -0.15) is 0 Å². The maximum absolute atomic E-state index is 12.4. The molecule has 0 radical (unpaired) electrons. The average Bonchev–Trinajstić information content (AvgIpc) is 2.78. The number of aryl methyl sites for hydroxylation is 2. The molecule has 0 aromatic heterocycles. The second kappa shape index (κ2) is 6.57. The van der Waals surface area contributed by atoms with E-state index in [1.165, 1.54) is 24.3 Å². The fraction of sp³-hybridized carbons (Fsp3) is 0.263. The van der Waals surface area contributed by atoms with Gasteiger partial charge in [0.2, 0.25) is 15.9 Å². The summed E-state index contributed by atoms with van der Waals surface area (Å²) in [5.41, 5.74) is 3.34. The van der Waals surface area contributed by atoms with E-state index in [9.17, 15) is 18.0 Å². The lowest BCUT2D eigenvalue weighted by molar-refractivity contribution is -0.119. The fourth-order valence-electron chi connectivity index (χ4n) is 2.90. The van der Waals surface area contributed by atoms with Crippen molar-refractivity contribution in [3.63, 3.8) is 0 Å². The first-order chi connectivity index (χ1) is 12.2. The Morgan fingerprint density at radius 2 is 1.77 bits per heavy atom. The van der Waals surface area contributed by atoms with Crippen LogP contribution in [0.3, 0.4) is 0 Å². The molecule has 1 fully saturated rings. The number of carbonyl (C=O) groups excluding carboxylic acids is 2. The summed E-state index contributed by atoms with van der Waals surface area (Å²) in [6, 6.07) is 11.8. The normalized spacial score (nSPS) is 18.8. The number of amides is 2. The molecule has 2 aromatic rings. The number of hydrogen-bond donors (Lipinski definition) is 1. The monoisotopic (exact) mass is 372 g/mol. The highest BCUT2D eigenvalue weighted by molar-refractivity contribution is 7.94. The van der Waals surface area contributed by atoms with Crippen LogP contribution >= 0.6 is 0 Å². The van der Waals surface area contributed by atoms with E-state index in [0.717, 1.165) is 21.1 Å². The van der Waals surface area contributed by atoms with Gasteiger partial charge < -0.3 is 5.32 Å². The van der Waals surface area contributed by atoms with Gasteiger partial charge in [-0.3, -0.25) is 9.59 Å². The highest BCUT2D eigenvalue weighted by Crippen LogP contribution is 2.28. The van der Waals surface area contributed by atoms with Crippen molar-refractivity contribution in [1.29, 1.82) is 0 Å². The first-order valence-electron chi connectivity index (χ1n) is 8.24. The molecule has 1 atom stereocenters. The summed E-state index contributed by atoms with van der Waals surface area (Å²) in [6.45, 7) is 5.44. The van der Waals surface area contributed by atoms with Crippen LogP contribution in [0.2, 0.25) is 0 Å². The molecule has 2 amide bonds. The highest BCUT2D eigenvalue weighted by Gasteiger charge is 2.41. The Balaban J connectivity index is 1.82. The van der Waals surface area contributed by atoms with Gasteiger partial charge in [-0.05, 0) is 55.3 Å². The third-order valence-electron chi connectivity index (χ3n) is 4.37. The van der Waals surface area contributed by atoms with E-state index in [0.29, 0.717) is 5.56 Å². The van der Waals surface area contributed by atoms with Crippen molar-refractivity contribution < 1.29 is 18.0 Å². The molecule has 1 heterocycles. The van der Waals surface area contributed by atoms with Gasteiger partial charge in [-0.1, -0.05) is 19.1 Å². The number of rotatable bonds is 3. The van der Waals surface area contributed by atoms with Crippen molar-refractivity contribution in [3.05, 3.63) is 59.2 Å². The maximum atomic E-state index is 12.4. The van der Waals surface area contributed by atoms with Gasteiger partial charge in [-0.25, -0.2) is 12.7 Å². The summed E-state index contributed by atoms with van der Waals surface area (Å²) in [7, 11) is -3.65. The van der Waals surface area contributed by atoms with Crippen LogP contribution in [0.5, 0.6) is 0 Å². The Labute approximate surface area is 152 Å². The van der Waals surface area contributed by atoms with Crippen molar-refractivity contribution >= 4 is 33.2 Å². The summed E-state index contributed by atoms with van der Waals surface area (Å²) in [5.74, 6) is -1.50. The van der Waals surface area contributed by atoms with Gasteiger partial charge in [0.25, 0.3) is 5.91 Å². The van der Waals surface area contributed by atoms with Crippen molar-refractivity contribution in [3.8, 4) is 0 Å². The standard InChI is InChI=1S/C19H20N2O4S/c1-12-4-5-13(2)17(10-12)20-18(22)15-6-8-16(9-7-15)21-19(23)14(3)11-26(21,24)25/h4-10,14H,11H2,1-3H3,(H,20,22)/t14-/m0/s1. The summed E-state index contributed by atoms with van der Waals surface area (Å²) < 4.78 is 25.1. The van der Waals surface area contributed by atoms with Gasteiger partial charge in [0.05, 0.1) is 17.4 Å². The molecule has 0 spiro atoms. The molecular formula is C19H20N2O4S. The zero-order valence-corrected chi connectivity index (χ0v) is 15.6. The lowest BCUT2D eigenvalue weighted by Gasteiger charge is -2.15. The first kappa shape index (κ1) is 18.1. The highest BCUT2D eigenvalue weighted by atomic mass is 32.2. The van der Waals surface area contributed by atoms with E-state index in [4.69, 9.17) is 0 Å². The zero-order valence-electron chi connectivity index (χ0n) is 14.8. The lowest BCUT2D eigenvalue weighted by Crippen LogP contribution is -2.30. The second-order valence-corrected chi connectivity index (χ2v) is 8.46. The fourth-order valence-corrected chi connectivity index (χ4v) is 4.72. The lowest BCUT2D eigenvalue weighted by atomic mass is 10.1. The summed E-state index contributed by atoms with van der Waals surface area (Å²) in [5, 5.41) is 2.85. The van der Waals surface area contributed by atoms with Gasteiger partial charge in [-0.15, -0.1) is 0 Å². The Morgan fingerprint density at radius 3 is 2.35 bits per heavy atom. The summed E-state index contributed by atoms with van der Waals surface area (Å²) in [4.78, 5) is 24.6. The predicted octanol–water partition coefficient (Wildman–Crippen LogP) is 2.87. The van der Waals surface area contributed by atoms with Crippen molar-refractivity contribution in [1.82, 2.24) is 0 Å². The Morgan fingerprint density at radius 1 is 1.12 bits per heavy atom. The van der Waals surface area contributed by atoms with Gasteiger partial charge in [0.15, 0.2) is 0 Å². The van der Waals surface area contributed by atoms with Crippen LogP contribution in [0, 0.1) is 19.8 Å². The molecule has 26 heavy (non-hydrogen) atoms. The third kappa shape index (κ3) is 3.35. The van der Waals surface area contributed by atoms with Gasteiger partial charge in [0.1, 0.15) is 0 Å². The van der Waals surface area contributed by atoms with Crippen LogP contribution in [0.4, 0.5) is 11.4 Å². The van der Waals surface area contributed by atoms with E-state index >= 15 is 0 Å². The molecule has 136 valence electrons. The van der Waals surface area contributed by atoms with E-state index in [-0.39, 0.29) is 17.3 Å². The Kier molecular flexibility index (Phi) is 4.58. The second-order valence-electron chi connectivity index (χ2n) is 6.60. The molecule has 0 unspecified atom stereocenters. The molecule has 1 N–H and O–H groups in total. The topological polar surface area (TPSA) is 83.6 Å². The smallest absolute Gasteiger partial charge is 0.255 e. The Hall–Kier alpha value is -2.67. The first-order valence-corrected chi connectivity index (χ1v) is 9.85. The van der Waals surface area contributed by atoms with Crippen molar-refractivity contribution in [2.45, 2.75) is 20.8 Å². The minimum Gasteiger partial charge on any atom is -0.322 e. The minimum absolute atomic E-state index is 0.194. The van der Waals surface area contributed by atoms with Crippen LogP contribution in [0.25, 0.3) is 0 Å². The predicted molar refractivity (Wildman–Crippen MR) is 101 cm³/mol. The molecule has 7 heteroatoms. The largest absolute Gasteiger partial charge is 0.322 e. The number of benzene rings is 2. The molecule has 1 aliphatic rings. The van der Waals surface area contributed by atoms with Gasteiger partial charge >= 0.3 is 0 Å². The number of hydrogen-bond acceptors (Lipinski definition) is 4. The number of nitrogens with zero attached hydrogens (tertiary/aromatic N) is 1.